The second-order valence-corrected chi connectivity index (χ2v) is 3.07. The zero-order valence-electron chi connectivity index (χ0n) is 7.60. The molecule has 0 bridgehead atoms. The molecule has 0 amide bonds. The van der Waals surface area contributed by atoms with Gasteiger partial charge in [-0.15, -0.1) is 5.10 Å². The highest BCUT2D eigenvalue weighted by atomic mass is 15.4. The number of anilines is 2. The molecule has 0 atom stereocenters. The van der Waals surface area contributed by atoms with E-state index in [2.05, 4.69) is 10.1 Å². The van der Waals surface area contributed by atoms with Gasteiger partial charge in [-0.05, 0) is 6.07 Å². The van der Waals surface area contributed by atoms with Gasteiger partial charge in [0.05, 0.1) is 0 Å². The fourth-order valence-corrected chi connectivity index (χ4v) is 1.08. The molecular weight excluding hydrogens is 166 g/mol. The molecule has 0 unspecified atom stereocenters. The standard InChI is InChI=1S/C8H11N5/c1-12(2)8-10-7-5-6(9)3-4-13(7)11-8/h3-5H,9H2,1-2H3. The second kappa shape index (κ2) is 2.62. The van der Waals surface area contributed by atoms with E-state index in [0.29, 0.717) is 11.6 Å². The summed E-state index contributed by atoms with van der Waals surface area (Å²) in [5.41, 5.74) is 7.08. The lowest BCUT2D eigenvalue weighted by Crippen LogP contribution is -2.10. The number of nitrogens with two attached hydrogens (primary N) is 1. The molecule has 2 N–H and O–H groups in total. The molecule has 0 saturated heterocycles. The minimum atomic E-state index is 0.686. The molecule has 0 saturated carbocycles. The van der Waals surface area contributed by atoms with E-state index in [-0.39, 0.29) is 0 Å². The third-order valence-electron chi connectivity index (χ3n) is 1.75. The summed E-state index contributed by atoms with van der Waals surface area (Å²) in [4.78, 5) is 6.12. The van der Waals surface area contributed by atoms with Crippen LogP contribution >= 0.6 is 0 Å². The summed E-state index contributed by atoms with van der Waals surface area (Å²) < 4.78 is 1.70. The average molecular weight is 177 g/mol. The fraction of sp³-hybridized carbons (Fsp3) is 0.250. The Hall–Kier alpha value is -1.78. The molecule has 2 heterocycles. The van der Waals surface area contributed by atoms with Gasteiger partial charge in [0.1, 0.15) is 0 Å². The van der Waals surface area contributed by atoms with Crippen LogP contribution in [0.25, 0.3) is 5.65 Å². The lowest BCUT2D eigenvalue weighted by Gasteiger charge is -2.03. The average Bonchev–Trinajstić information content (AvgIpc) is 2.46. The van der Waals surface area contributed by atoms with E-state index in [1.165, 1.54) is 0 Å². The molecule has 2 aromatic rings. The Morgan fingerprint density at radius 2 is 2.23 bits per heavy atom. The quantitative estimate of drug-likeness (QED) is 0.684. The van der Waals surface area contributed by atoms with Crippen molar-refractivity contribution in [3.8, 4) is 0 Å². The van der Waals surface area contributed by atoms with Crippen LogP contribution in [0.5, 0.6) is 0 Å². The maximum atomic E-state index is 5.61. The Kier molecular flexibility index (Phi) is 1.58. The normalized spacial score (nSPS) is 10.6. The van der Waals surface area contributed by atoms with Crippen molar-refractivity contribution in [2.24, 2.45) is 0 Å². The number of rotatable bonds is 1. The summed E-state index contributed by atoms with van der Waals surface area (Å²) >= 11 is 0. The van der Waals surface area contributed by atoms with Crippen molar-refractivity contribution in [2.75, 3.05) is 24.7 Å². The van der Waals surface area contributed by atoms with Gasteiger partial charge >= 0.3 is 0 Å². The van der Waals surface area contributed by atoms with Crippen molar-refractivity contribution in [1.82, 2.24) is 14.6 Å². The third kappa shape index (κ3) is 1.28. The lowest BCUT2D eigenvalue weighted by atomic mass is 10.4. The van der Waals surface area contributed by atoms with E-state index in [0.717, 1.165) is 5.65 Å². The maximum Gasteiger partial charge on any atom is 0.245 e. The summed E-state index contributed by atoms with van der Waals surface area (Å²) in [6, 6.07) is 3.58. The minimum Gasteiger partial charge on any atom is -0.399 e. The van der Waals surface area contributed by atoms with Gasteiger partial charge in [0, 0.05) is 32.0 Å². The topological polar surface area (TPSA) is 59.5 Å². The first-order valence-electron chi connectivity index (χ1n) is 3.96. The smallest absolute Gasteiger partial charge is 0.245 e. The highest BCUT2D eigenvalue weighted by Crippen LogP contribution is 2.10. The molecule has 0 aliphatic heterocycles. The first kappa shape index (κ1) is 7.85. The van der Waals surface area contributed by atoms with Crippen LogP contribution in [0.15, 0.2) is 18.3 Å². The fourth-order valence-electron chi connectivity index (χ4n) is 1.08. The van der Waals surface area contributed by atoms with Gasteiger partial charge in [0.15, 0.2) is 5.65 Å². The first-order chi connectivity index (χ1) is 6.16. The Labute approximate surface area is 75.8 Å². The summed E-state index contributed by atoms with van der Waals surface area (Å²) in [7, 11) is 3.80. The maximum absolute atomic E-state index is 5.61. The van der Waals surface area contributed by atoms with Crippen LogP contribution in [0.4, 0.5) is 11.6 Å². The molecule has 5 nitrogen and oxygen atoms in total. The van der Waals surface area contributed by atoms with Crippen molar-refractivity contribution < 1.29 is 0 Å². The number of pyridine rings is 1. The molecule has 0 aromatic carbocycles. The van der Waals surface area contributed by atoms with Crippen molar-refractivity contribution in [3.63, 3.8) is 0 Å². The van der Waals surface area contributed by atoms with Crippen LogP contribution in [-0.2, 0) is 0 Å². The predicted molar refractivity (Wildman–Crippen MR) is 51.7 cm³/mol. The SMILES string of the molecule is CN(C)c1nc2cc(N)ccn2n1. The van der Waals surface area contributed by atoms with E-state index in [4.69, 9.17) is 5.73 Å². The minimum absolute atomic E-state index is 0.686. The second-order valence-electron chi connectivity index (χ2n) is 3.07. The van der Waals surface area contributed by atoms with Crippen LogP contribution in [0.1, 0.15) is 0 Å². The first-order valence-corrected chi connectivity index (χ1v) is 3.96. The van der Waals surface area contributed by atoms with Crippen molar-refractivity contribution in [1.29, 1.82) is 0 Å². The van der Waals surface area contributed by atoms with Gasteiger partial charge in [-0.1, -0.05) is 0 Å². The summed E-state index contributed by atoms with van der Waals surface area (Å²) in [6.45, 7) is 0. The third-order valence-corrected chi connectivity index (χ3v) is 1.75. The van der Waals surface area contributed by atoms with E-state index >= 15 is 0 Å². The van der Waals surface area contributed by atoms with Gasteiger partial charge in [-0.25, -0.2) is 4.52 Å². The van der Waals surface area contributed by atoms with Crippen LogP contribution in [0, 0.1) is 0 Å². The molecule has 0 radical (unpaired) electrons. The Morgan fingerprint density at radius 3 is 2.92 bits per heavy atom. The van der Waals surface area contributed by atoms with Gasteiger partial charge in [-0.2, -0.15) is 4.98 Å². The molecule has 0 fully saturated rings. The molecule has 13 heavy (non-hydrogen) atoms. The zero-order chi connectivity index (χ0) is 9.42. The number of aromatic nitrogens is 3. The summed E-state index contributed by atoms with van der Waals surface area (Å²) in [5.74, 6) is 0.686. The molecule has 0 aliphatic carbocycles. The number of hydrogen-bond acceptors (Lipinski definition) is 4. The van der Waals surface area contributed by atoms with Crippen molar-refractivity contribution in [2.45, 2.75) is 0 Å². The zero-order valence-corrected chi connectivity index (χ0v) is 7.60. The Balaban J connectivity index is 2.62. The number of fused-ring (bicyclic) bond motifs is 1. The molecule has 0 spiro atoms. The largest absolute Gasteiger partial charge is 0.399 e. The number of nitrogen functional groups attached to an aromatic ring is 1. The molecule has 5 heteroatoms. The van der Waals surface area contributed by atoms with Crippen LogP contribution < -0.4 is 10.6 Å². The monoisotopic (exact) mass is 177 g/mol. The highest BCUT2D eigenvalue weighted by Gasteiger charge is 2.03. The van der Waals surface area contributed by atoms with Crippen LogP contribution in [0.3, 0.4) is 0 Å². The molecule has 68 valence electrons. The van der Waals surface area contributed by atoms with E-state index in [1.807, 2.05) is 19.0 Å². The number of hydrogen-bond donors (Lipinski definition) is 1. The van der Waals surface area contributed by atoms with Gasteiger partial charge in [-0.3, -0.25) is 0 Å². The molecular formula is C8H11N5. The summed E-state index contributed by atoms with van der Waals surface area (Å²) in [5, 5.41) is 4.23. The molecule has 0 aliphatic rings. The van der Waals surface area contributed by atoms with Gasteiger partial charge in [0.25, 0.3) is 0 Å². The van der Waals surface area contributed by atoms with E-state index in [1.54, 1.807) is 22.8 Å². The lowest BCUT2D eigenvalue weighted by molar-refractivity contribution is 0.927. The van der Waals surface area contributed by atoms with Crippen molar-refractivity contribution >= 4 is 17.3 Å². The highest BCUT2D eigenvalue weighted by molar-refractivity contribution is 5.53. The number of nitrogens with zero attached hydrogens (tertiary/aromatic N) is 4. The Bertz CT molecular complexity index is 431. The van der Waals surface area contributed by atoms with Gasteiger partial charge in [0.2, 0.25) is 5.95 Å². The van der Waals surface area contributed by atoms with Crippen molar-refractivity contribution in [3.05, 3.63) is 18.3 Å². The molecule has 2 rings (SSSR count). The van der Waals surface area contributed by atoms with Crippen LogP contribution in [0.2, 0.25) is 0 Å². The van der Waals surface area contributed by atoms with Crippen LogP contribution in [-0.4, -0.2) is 28.7 Å². The van der Waals surface area contributed by atoms with E-state index in [9.17, 15) is 0 Å². The van der Waals surface area contributed by atoms with E-state index < -0.39 is 0 Å². The molecule has 2 aromatic heterocycles. The Morgan fingerprint density at radius 1 is 1.46 bits per heavy atom. The predicted octanol–water partition coefficient (Wildman–Crippen LogP) is 0.377. The summed E-state index contributed by atoms with van der Waals surface area (Å²) in [6.07, 6.45) is 1.80. The van der Waals surface area contributed by atoms with Gasteiger partial charge < -0.3 is 10.6 Å².